The molecule has 12 heteroatoms. The maximum Gasteiger partial charge on any atom is 0.514 e. The number of carbonyl (C=O) groups is 2. The smallest absolute Gasteiger partial charge is 0.490 e. The zero-order valence-corrected chi connectivity index (χ0v) is 24.8. The van der Waals surface area contributed by atoms with Crippen LogP contribution in [-0.4, -0.2) is 82.1 Å². The van der Waals surface area contributed by atoms with Gasteiger partial charge >= 0.3 is 12.2 Å². The number of rotatable bonds is 3. The third kappa shape index (κ3) is 5.88. The maximum atomic E-state index is 15.6. The third-order valence-corrected chi connectivity index (χ3v) is 8.13. The van der Waals surface area contributed by atoms with Crippen molar-refractivity contribution in [3.05, 3.63) is 34.6 Å². The van der Waals surface area contributed by atoms with E-state index < -0.39 is 23.7 Å². The summed E-state index contributed by atoms with van der Waals surface area (Å²) in [6, 6.07) is 3.96. The predicted octanol–water partition coefficient (Wildman–Crippen LogP) is 5.79. The summed E-state index contributed by atoms with van der Waals surface area (Å²) in [4.78, 5) is 35.0. The SMILES string of the molecule is CC(C)(C)OC(=O)Oc1cccc(F)c1-c1nc(N2CCCC2(C)C)c2c(c1Cl)OC[C@H]1CN(C(=O)O)CCN1C2. The highest BCUT2D eigenvalue weighted by molar-refractivity contribution is 6.35. The van der Waals surface area contributed by atoms with Crippen LogP contribution in [0.15, 0.2) is 18.2 Å². The van der Waals surface area contributed by atoms with Crippen LogP contribution in [0.5, 0.6) is 11.5 Å². The first-order valence-electron chi connectivity index (χ1n) is 13.8. The fraction of sp³-hybridized carbons (Fsp3) is 0.552. The van der Waals surface area contributed by atoms with Gasteiger partial charge in [-0.2, -0.15) is 0 Å². The van der Waals surface area contributed by atoms with E-state index in [1.54, 1.807) is 20.8 Å². The number of piperazine rings is 1. The quantitative estimate of drug-likeness (QED) is 0.351. The lowest BCUT2D eigenvalue weighted by Crippen LogP contribution is -2.55. The molecule has 1 N–H and O–H groups in total. The van der Waals surface area contributed by atoms with Crippen LogP contribution in [0.1, 0.15) is 53.0 Å². The Morgan fingerprint density at radius 3 is 2.63 bits per heavy atom. The molecule has 0 spiro atoms. The van der Waals surface area contributed by atoms with Gasteiger partial charge in [0.2, 0.25) is 0 Å². The molecule has 1 aromatic carbocycles. The van der Waals surface area contributed by atoms with Crippen molar-refractivity contribution in [2.75, 3.05) is 37.7 Å². The zero-order valence-electron chi connectivity index (χ0n) is 24.0. The fourth-order valence-electron chi connectivity index (χ4n) is 5.74. The largest absolute Gasteiger partial charge is 0.514 e. The van der Waals surface area contributed by atoms with Crippen LogP contribution >= 0.6 is 11.6 Å². The molecule has 3 aliphatic heterocycles. The van der Waals surface area contributed by atoms with Gasteiger partial charge in [-0.25, -0.2) is 19.0 Å². The van der Waals surface area contributed by atoms with Gasteiger partial charge in [0.25, 0.3) is 0 Å². The summed E-state index contributed by atoms with van der Waals surface area (Å²) in [5.74, 6) is 0.241. The number of carboxylic acid groups (broad SMARTS) is 1. The number of ether oxygens (including phenoxy) is 3. The van der Waals surface area contributed by atoms with E-state index in [4.69, 9.17) is 30.8 Å². The minimum absolute atomic E-state index is 0.0768. The number of nitrogens with zero attached hydrogens (tertiary/aromatic N) is 4. The van der Waals surface area contributed by atoms with E-state index in [9.17, 15) is 14.7 Å². The standard InChI is InChI=1S/C29H36ClFN4O6/c1-28(2,3)41-27(38)40-20-9-6-8-19(31)21(20)23-22(30)24-18(25(32-23)35-11-7-10-29(35,4)5)15-33-12-13-34(26(36)37)14-17(33)16-39-24/h6,8-9,17H,7,10-16H2,1-5H3,(H,36,37)/t17-/m1/s1. The van der Waals surface area contributed by atoms with Crippen LogP contribution in [0.25, 0.3) is 11.3 Å². The van der Waals surface area contributed by atoms with Crippen molar-refractivity contribution >= 4 is 29.7 Å². The summed E-state index contributed by atoms with van der Waals surface area (Å²) in [5.41, 5.74) is -0.260. The lowest BCUT2D eigenvalue weighted by molar-refractivity contribution is 0.0207. The summed E-state index contributed by atoms with van der Waals surface area (Å²) in [5, 5.41) is 9.64. The van der Waals surface area contributed by atoms with Crippen molar-refractivity contribution in [3.8, 4) is 22.8 Å². The highest BCUT2D eigenvalue weighted by atomic mass is 35.5. The Balaban J connectivity index is 1.63. The summed E-state index contributed by atoms with van der Waals surface area (Å²) in [6.07, 6.45) is -0.0544. The number of amides is 1. The summed E-state index contributed by atoms with van der Waals surface area (Å²) in [7, 11) is 0. The van der Waals surface area contributed by atoms with Crippen LogP contribution in [0, 0.1) is 5.82 Å². The molecule has 2 aromatic rings. The first-order chi connectivity index (χ1) is 19.2. The first kappa shape index (κ1) is 29.2. The number of fused-ring (bicyclic) bond motifs is 2. The van der Waals surface area contributed by atoms with E-state index in [1.807, 2.05) is 0 Å². The maximum absolute atomic E-state index is 15.6. The lowest BCUT2D eigenvalue weighted by atomic mass is 10.0. The number of benzene rings is 1. The molecule has 0 unspecified atom stereocenters. The molecule has 2 fully saturated rings. The van der Waals surface area contributed by atoms with Gasteiger partial charge in [0, 0.05) is 38.3 Å². The second-order valence-electron chi connectivity index (χ2n) is 12.3. The van der Waals surface area contributed by atoms with Gasteiger partial charge in [-0.1, -0.05) is 17.7 Å². The van der Waals surface area contributed by atoms with E-state index in [1.165, 1.54) is 23.1 Å². The topological polar surface area (TPSA) is 105 Å². The Morgan fingerprint density at radius 2 is 1.98 bits per heavy atom. The number of aromatic nitrogens is 1. The number of halogens is 2. The van der Waals surface area contributed by atoms with Crippen LogP contribution in [0.3, 0.4) is 0 Å². The fourth-order valence-corrected chi connectivity index (χ4v) is 6.05. The molecule has 0 saturated carbocycles. The third-order valence-electron chi connectivity index (χ3n) is 7.78. The molecular weight excluding hydrogens is 555 g/mol. The molecule has 0 aliphatic carbocycles. The van der Waals surface area contributed by atoms with Crippen molar-refractivity contribution in [1.82, 2.24) is 14.8 Å². The van der Waals surface area contributed by atoms with Gasteiger partial charge in [-0.05, 0) is 59.6 Å². The highest BCUT2D eigenvalue weighted by Gasteiger charge is 2.40. The van der Waals surface area contributed by atoms with E-state index in [-0.39, 0.29) is 40.2 Å². The molecule has 10 nitrogen and oxygen atoms in total. The van der Waals surface area contributed by atoms with Crippen LogP contribution < -0.4 is 14.4 Å². The monoisotopic (exact) mass is 590 g/mol. The van der Waals surface area contributed by atoms with Crippen LogP contribution in [-0.2, 0) is 11.3 Å². The second kappa shape index (κ2) is 10.8. The molecule has 4 heterocycles. The number of anilines is 1. The first-order valence-corrected chi connectivity index (χ1v) is 14.2. The van der Waals surface area contributed by atoms with Gasteiger partial charge in [0.05, 0.1) is 17.2 Å². The average Bonchev–Trinajstić information content (AvgIpc) is 3.10. The summed E-state index contributed by atoms with van der Waals surface area (Å²) < 4.78 is 32.7. The number of hydrogen-bond donors (Lipinski definition) is 1. The van der Waals surface area contributed by atoms with Gasteiger partial charge in [-0.15, -0.1) is 0 Å². The van der Waals surface area contributed by atoms with Gasteiger partial charge in [0.1, 0.15) is 46.1 Å². The Morgan fingerprint density at radius 1 is 1.22 bits per heavy atom. The molecule has 2 saturated heterocycles. The molecule has 1 amide bonds. The van der Waals surface area contributed by atoms with Crippen molar-refractivity contribution in [2.24, 2.45) is 0 Å². The Labute approximate surface area is 243 Å². The predicted molar refractivity (Wildman–Crippen MR) is 151 cm³/mol. The van der Waals surface area contributed by atoms with Gasteiger partial charge in [0.15, 0.2) is 0 Å². The van der Waals surface area contributed by atoms with Crippen LogP contribution in [0.4, 0.5) is 19.8 Å². The molecule has 0 radical (unpaired) electrons. The summed E-state index contributed by atoms with van der Waals surface area (Å²) in [6.45, 7) is 12.0. The molecule has 0 bridgehead atoms. The molecule has 41 heavy (non-hydrogen) atoms. The highest BCUT2D eigenvalue weighted by Crippen LogP contribution is 2.48. The molecule has 222 valence electrons. The Bertz CT molecular complexity index is 1360. The summed E-state index contributed by atoms with van der Waals surface area (Å²) >= 11 is 6.98. The Hall–Kier alpha value is -3.31. The molecule has 5 rings (SSSR count). The van der Waals surface area contributed by atoms with Crippen molar-refractivity contribution in [3.63, 3.8) is 0 Å². The minimum Gasteiger partial charge on any atom is -0.490 e. The molecule has 3 aliphatic rings. The second-order valence-corrected chi connectivity index (χ2v) is 12.7. The Kier molecular flexibility index (Phi) is 7.71. The number of pyridine rings is 1. The molecular formula is C29H36ClFN4O6. The number of carbonyl (C=O) groups excluding carboxylic acids is 1. The van der Waals surface area contributed by atoms with Crippen molar-refractivity contribution in [1.29, 1.82) is 0 Å². The zero-order chi connectivity index (χ0) is 29.7. The van der Waals surface area contributed by atoms with E-state index in [2.05, 4.69) is 23.6 Å². The average molecular weight is 591 g/mol. The lowest BCUT2D eigenvalue weighted by Gasteiger charge is -2.39. The van der Waals surface area contributed by atoms with E-state index >= 15 is 4.39 Å². The minimum atomic E-state index is -0.979. The normalized spacial score (nSPS) is 20.5. The van der Waals surface area contributed by atoms with E-state index in [0.717, 1.165) is 24.9 Å². The van der Waals surface area contributed by atoms with Gasteiger partial charge < -0.3 is 29.1 Å². The van der Waals surface area contributed by atoms with Crippen molar-refractivity contribution < 1.29 is 33.3 Å². The molecule has 1 aromatic heterocycles. The van der Waals surface area contributed by atoms with E-state index in [0.29, 0.717) is 37.7 Å². The number of hydrogen-bond acceptors (Lipinski definition) is 8. The van der Waals surface area contributed by atoms with Gasteiger partial charge in [-0.3, -0.25) is 4.90 Å². The molecule has 1 atom stereocenters. The van der Waals surface area contributed by atoms with Crippen molar-refractivity contribution in [2.45, 2.75) is 71.2 Å². The van der Waals surface area contributed by atoms with Crippen LogP contribution in [0.2, 0.25) is 5.02 Å².